The molecule has 1 aliphatic heterocycles. The molecule has 0 aliphatic carbocycles. The van der Waals surface area contributed by atoms with Crippen LogP contribution in [0.5, 0.6) is 0 Å². The minimum Gasteiger partial charge on any atom is -0.461 e. The highest BCUT2D eigenvalue weighted by Crippen LogP contribution is 2.28. The molecule has 4 heterocycles. The molecule has 0 saturated heterocycles. The molecule has 0 bridgehead atoms. The molecule has 1 N–H and O–H groups in total. The van der Waals surface area contributed by atoms with Crippen molar-refractivity contribution in [2.45, 2.75) is 19.4 Å². The fourth-order valence-electron chi connectivity index (χ4n) is 3.36. The fraction of sp³-hybridized carbons (Fsp3) is 0.150. The van der Waals surface area contributed by atoms with Gasteiger partial charge in [-0.25, -0.2) is 4.98 Å². The van der Waals surface area contributed by atoms with Crippen LogP contribution in [0.25, 0.3) is 22.8 Å². The van der Waals surface area contributed by atoms with Crippen LogP contribution < -0.4 is 5.32 Å². The number of fused-ring (bicyclic) bond motifs is 1. The molecule has 0 saturated carbocycles. The number of carbonyl (C=O) groups excluding carboxylic acids is 1. The van der Waals surface area contributed by atoms with Crippen LogP contribution in [0.2, 0.25) is 0 Å². The van der Waals surface area contributed by atoms with Crippen molar-refractivity contribution in [3.63, 3.8) is 0 Å². The first kappa shape index (κ1) is 15.6. The summed E-state index contributed by atoms with van der Waals surface area (Å²) in [6, 6.07) is 12.8. The third kappa shape index (κ3) is 2.83. The lowest BCUT2D eigenvalue weighted by Gasteiger charge is -2.08. The van der Waals surface area contributed by atoms with E-state index >= 15 is 0 Å². The number of carbonyl (C=O) groups is 1. The van der Waals surface area contributed by atoms with Gasteiger partial charge in [0.05, 0.1) is 18.2 Å². The molecule has 27 heavy (non-hydrogen) atoms. The number of aromatic nitrogens is 3. The molecule has 0 radical (unpaired) electrons. The minimum atomic E-state index is -0.341. The highest BCUT2D eigenvalue weighted by molar-refractivity contribution is 6.03. The van der Waals surface area contributed by atoms with E-state index in [-0.39, 0.29) is 11.6 Å². The maximum atomic E-state index is 12.5. The molecule has 7 heteroatoms. The van der Waals surface area contributed by atoms with Gasteiger partial charge in [0.1, 0.15) is 5.82 Å². The molecule has 7 nitrogen and oxygen atoms in total. The van der Waals surface area contributed by atoms with Gasteiger partial charge in [-0.05, 0) is 30.7 Å². The summed E-state index contributed by atoms with van der Waals surface area (Å²) in [4.78, 5) is 17.0. The van der Waals surface area contributed by atoms with E-state index in [9.17, 15) is 4.79 Å². The molecular weight excluding hydrogens is 344 g/mol. The van der Waals surface area contributed by atoms with E-state index in [2.05, 4.69) is 20.0 Å². The molecule has 134 valence electrons. The molecule has 5 rings (SSSR count). The SMILES string of the molecule is O=C(Nc1cccc(-c2cnc3n2CCC3)c1)c1cc(-c2ccco2)on1. The van der Waals surface area contributed by atoms with Gasteiger partial charge in [0.15, 0.2) is 11.5 Å². The zero-order chi connectivity index (χ0) is 18.2. The summed E-state index contributed by atoms with van der Waals surface area (Å²) in [7, 11) is 0. The van der Waals surface area contributed by atoms with Crippen molar-refractivity contribution < 1.29 is 13.7 Å². The number of rotatable bonds is 4. The van der Waals surface area contributed by atoms with Crippen LogP contribution in [-0.4, -0.2) is 20.6 Å². The van der Waals surface area contributed by atoms with E-state index in [4.69, 9.17) is 8.94 Å². The lowest BCUT2D eigenvalue weighted by Crippen LogP contribution is -2.12. The van der Waals surface area contributed by atoms with Gasteiger partial charge in [0.25, 0.3) is 5.91 Å². The second-order valence-corrected chi connectivity index (χ2v) is 6.40. The zero-order valence-electron chi connectivity index (χ0n) is 14.4. The van der Waals surface area contributed by atoms with Crippen LogP contribution in [0.3, 0.4) is 0 Å². The van der Waals surface area contributed by atoms with Crippen molar-refractivity contribution in [3.05, 3.63) is 66.4 Å². The average Bonchev–Trinajstić information content (AvgIpc) is 3.46. The van der Waals surface area contributed by atoms with Gasteiger partial charge >= 0.3 is 0 Å². The van der Waals surface area contributed by atoms with Gasteiger partial charge in [-0.2, -0.15) is 0 Å². The summed E-state index contributed by atoms with van der Waals surface area (Å²) in [5, 5.41) is 6.69. The quantitative estimate of drug-likeness (QED) is 0.594. The first-order valence-electron chi connectivity index (χ1n) is 8.75. The largest absolute Gasteiger partial charge is 0.461 e. The molecular formula is C20H16N4O3. The predicted octanol–water partition coefficient (Wildman–Crippen LogP) is 4.00. The second kappa shape index (κ2) is 6.28. The molecule has 0 unspecified atom stereocenters. The van der Waals surface area contributed by atoms with Gasteiger partial charge in [-0.1, -0.05) is 17.3 Å². The van der Waals surface area contributed by atoms with Gasteiger partial charge in [0, 0.05) is 30.3 Å². The Labute approximate surface area is 154 Å². The number of hydrogen-bond donors (Lipinski definition) is 1. The van der Waals surface area contributed by atoms with Crippen LogP contribution in [-0.2, 0) is 13.0 Å². The standard InChI is InChI=1S/C20H16N4O3/c25-20(15-11-18(27-23-15)17-6-3-9-26-17)22-14-5-1-4-13(10-14)16-12-21-19-7-2-8-24(16)19/h1,3-6,9-12H,2,7-8H2,(H,22,25). The number of nitrogens with zero attached hydrogens (tertiary/aromatic N) is 3. The normalized spacial score (nSPS) is 12.9. The van der Waals surface area contributed by atoms with Crippen molar-refractivity contribution in [1.82, 2.24) is 14.7 Å². The lowest BCUT2D eigenvalue weighted by atomic mass is 10.1. The molecule has 1 aromatic carbocycles. The maximum Gasteiger partial charge on any atom is 0.277 e. The van der Waals surface area contributed by atoms with Gasteiger partial charge in [0.2, 0.25) is 5.76 Å². The summed E-state index contributed by atoms with van der Waals surface area (Å²) in [5.41, 5.74) is 2.97. The Morgan fingerprint density at radius 1 is 1.15 bits per heavy atom. The zero-order valence-corrected chi connectivity index (χ0v) is 14.4. The van der Waals surface area contributed by atoms with Crippen molar-refractivity contribution in [2.24, 2.45) is 0 Å². The number of anilines is 1. The lowest BCUT2D eigenvalue weighted by molar-refractivity contribution is 0.101. The van der Waals surface area contributed by atoms with Crippen molar-refractivity contribution in [2.75, 3.05) is 5.32 Å². The summed E-state index contributed by atoms with van der Waals surface area (Å²) in [6.07, 6.45) is 5.57. The second-order valence-electron chi connectivity index (χ2n) is 6.40. The van der Waals surface area contributed by atoms with Crippen LogP contribution in [0.15, 0.2) is 63.9 Å². The molecule has 3 aromatic heterocycles. The molecule has 0 atom stereocenters. The van der Waals surface area contributed by atoms with Gasteiger partial charge in [-0.15, -0.1) is 0 Å². The van der Waals surface area contributed by atoms with E-state index in [1.165, 1.54) is 6.26 Å². The number of hydrogen-bond acceptors (Lipinski definition) is 5. The topological polar surface area (TPSA) is 86.1 Å². The Kier molecular flexibility index (Phi) is 3.64. The maximum absolute atomic E-state index is 12.5. The van der Waals surface area contributed by atoms with Crippen LogP contribution >= 0.6 is 0 Å². The average molecular weight is 360 g/mol. The molecule has 1 amide bonds. The summed E-state index contributed by atoms with van der Waals surface area (Å²) in [6.45, 7) is 0.982. The summed E-state index contributed by atoms with van der Waals surface area (Å²) >= 11 is 0. The fourth-order valence-corrected chi connectivity index (χ4v) is 3.36. The highest BCUT2D eigenvalue weighted by Gasteiger charge is 2.18. The number of aryl methyl sites for hydroxylation is 1. The number of imidazole rings is 1. The van der Waals surface area contributed by atoms with Gasteiger partial charge < -0.3 is 18.8 Å². The summed E-state index contributed by atoms with van der Waals surface area (Å²) < 4.78 is 12.7. The van der Waals surface area contributed by atoms with E-state index in [0.29, 0.717) is 17.2 Å². The molecule has 0 spiro atoms. The highest BCUT2D eigenvalue weighted by atomic mass is 16.5. The van der Waals surface area contributed by atoms with E-state index < -0.39 is 0 Å². The molecule has 1 aliphatic rings. The Morgan fingerprint density at radius 3 is 3.00 bits per heavy atom. The number of benzene rings is 1. The smallest absolute Gasteiger partial charge is 0.277 e. The Hall–Kier alpha value is -3.61. The molecule has 4 aromatic rings. The third-order valence-electron chi connectivity index (χ3n) is 4.64. The van der Waals surface area contributed by atoms with Crippen molar-refractivity contribution in [3.8, 4) is 22.8 Å². The third-order valence-corrected chi connectivity index (χ3v) is 4.64. The van der Waals surface area contributed by atoms with E-state index in [1.807, 2.05) is 30.5 Å². The van der Waals surface area contributed by atoms with E-state index in [1.54, 1.807) is 18.2 Å². The predicted molar refractivity (Wildman–Crippen MR) is 98.1 cm³/mol. The van der Waals surface area contributed by atoms with Gasteiger partial charge in [-0.3, -0.25) is 4.79 Å². The van der Waals surface area contributed by atoms with Crippen LogP contribution in [0.1, 0.15) is 22.7 Å². The number of nitrogens with one attached hydrogen (secondary N) is 1. The van der Waals surface area contributed by atoms with Crippen LogP contribution in [0, 0.1) is 0 Å². The number of furan rings is 1. The summed E-state index contributed by atoms with van der Waals surface area (Å²) in [5.74, 6) is 1.71. The van der Waals surface area contributed by atoms with Crippen molar-refractivity contribution in [1.29, 1.82) is 0 Å². The van der Waals surface area contributed by atoms with Crippen molar-refractivity contribution >= 4 is 11.6 Å². The first-order chi connectivity index (χ1) is 13.3. The Morgan fingerprint density at radius 2 is 2.11 bits per heavy atom. The number of amides is 1. The minimum absolute atomic E-state index is 0.192. The first-order valence-corrected chi connectivity index (χ1v) is 8.75. The Bertz CT molecular complexity index is 1110. The van der Waals surface area contributed by atoms with Crippen LogP contribution in [0.4, 0.5) is 5.69 Å². The molecule has 0 fully saturated rings. The monoisotopic (exact) mass is 360 g/mol. The Balaban J connectivity index is 1.37. The van der Waals surface area contributed by atoms with E-state index in [0.717, 1.165) is 36.5 Å².